The molecule has 1 rings (SSSR count). The number of nitrogens with one attached hydrogen (secondary N) is 1. The van der Waals surface area contributed by atoms with Crippen LogP contribution < -0.4 is 16.0 Å². The molecule has 0 aliphatic rings. The number of likely N-dealkylation sites (N-methyl/N-ethyl adjacent to an activating group) is 1. The molecular weight excluding hydrogens is 236 g/mol. The van der Waals surface area contributed by atoms with E-state index in [2.05, 4.69) is 48.2 Å². The molecular formula is C15H26N4. The van der Waals surface area contributed by atoms with Crippen LogP contribution in [-0.4, -0.2) is 32.1 Å². The van der Waals surface area contributed by atoms with Gasteiger partial charge < -0.3 is 16.0 Å². The molecule has 4 heteroatoms. The molecule has 1 aromatic carbocycles. The quantitative estimate of drug-likeness (QED) is 0.450. The van der Waals surface area contributed by atoms with Crippen molar-refractivity contribution in [3.63, 3.8) is 0 Å². The highest BCUT2D eigenvalue weighted by Gasteiger charge is 2.08. The summed E-state index contributed by atoms with van der Waals surface area (Å²) in [4.78, 5) is 6.60. The summed E-state index contributed by atoms with van der Waals surface area (Å²) in [6.07, 6.45) is 2.28. The molecule has 19 heavy (non-hydrogen) atoms. The largest absolute Gasteiger partial charge is 0.370 e. The molecule has 0 saturated carbocycles. The van der Waals surface area contributed by atoms with Crippen LogP contribution in [0, 0.1) is 0 Å². The van der Waals surface area contributed by atoms with Gasteiger partial charge >= 0.3 is 0 Å². The maximum Gasteiger partial charge on any atom is 0.188 e. The third-order valence-corrected chi connectivity index (χ3v) is 3.19. The Balaban J connectivity index is 2.42. The van der Waals surface area contributed by atoms with Crippen molar-refractivity contribution in [2.75, 3.05) is 25.0 Å². The van der Waals surface area contributed by atoms with E-state index in [1.54, 1.807) is 0 Å². The smallest absolute Gasteiger partial charge is 0.188 e. The van der Waals surface area contributed by atoms with Crippen LogP contribution in [0.3, 0.4) is 0 Å². The number of benzene rings is 1. The molecule has 1 aromatic rings. The van der Waals surface area contributed by atoms with Crippen LogP contribution in [0.15, 0.2) is 35.3 Å². The van der Waals surface area contributed by atoms with Gasteiger partial charge in [0.15, 0.2) is 5.96 Å². The van der Waals surface area contributed by atoms with E-state index >= 15 is 0 Å². The summed E-state index contributed by atoms with van der Waals surface area (Å²) in [6.45, 7) is 5.90. The summed E-state index contributed by atoms with van der Waals surface area (Å²) in [5, 5.41) is 3.13. The number of hydrogen-bond donors (Lipinski definition) is 2. The lowest BCUT2D eigenvalue weighted by Crippen LogP contribution is -2.36. The van der Waals surface area contributed by atoms with Crippen molar-refractivity contribution < 1.29 is 0 Å². The Morgan fingerprint density at radius 2 is 2.05 bits per heavy atom. The molecule has 106 valence electrons. The van der Waals surface area contributed by atoms with Crippen molar-refractivity contribution >= 4 is 11.6 Å². The van der Waals surface area contributed by atoms with Crippen LogP contribution in [0.1, 0.15) is 26.7 Å². The van der Waals surface area contributed by atoms with Crippen molar-refractivity contribution in [1.29, 1.82) is 0 Å². The van der Waals surface area contributed by atoms with Gasteiger partial charge in [-0.1, -0.05) is 31.5 Å². The van der Waals surface area contributed by atoms with Gasteiger partial charge in [0.05, 0.1) is 6.54 Å². The maximum atomic E-state index is 5.82. The van der Waals surface area contributed by atoms with E-state index in [4.69, 9.17) is 5.73 Å². The van der Waals surface area contributed by atoms with E-state index in [0.717, 1.165) is 19.4 Å². The number of nitrogens with two attached hydrogens (primary N) is 1. The van der Waals surface area contributed by atoms with E-state index in [9.17, 15) is 0 Å². The van der Waals surface area contributed by atoms with E-state index in [1.807, 2.05) is 18.2 Å². The van der Waals surface area contributed by atoms with Gasteiger partial charge in [0.1, 0.15) is 0 Å². The fourth-order valence-corrected chi connectivity index (χ4v) is 1.72. The predicted molar refractivity (Wildman–Crippen MR) is 83.7 cm³/mol. The maximum absolute atomic E-state index is 5.82. The standard InChI is InChI=1S/C15H26N4/c1-4-5-11-17-15(16)18-12-13(2)19(3)14-9-7-6-8-10-14/h6-10,13H,4-5,11-12H2,1-3H3,(H3,16,17,18). The van der Waals surface area contributed by atoms with Crippen molar-refractivity contribution in [3.05, 3.63) is 30.3 Å². The molecule has 1 atom stereocenters. The molecule has 0 amide bonds. The second-order valence-electron chi connectivity index (χ2n) is 4.80. The molecule has 1 unspecified atom stereocenters. The number of hydrogen-bond acceptors (Lipinski definition) is 2. The van der Waals surface area contributed by atoms with Crippen LogP contribution in [0.25, 0.3) is 0 Å². The normalized spacial score (nSPS) is 13.1. The zero-order valence-electron chi connectivity index (χ0n) is 12.3. The van der Waals surface area contributed by atoms with Crippen LogP contribution in [0.2, 0.25) is 0 Å². The SMILES string of the molecule is CCCCNC(N)=NCC(C)N(C)c1ccccc1. The molecule has 0 fully saturated rings. The fourth-order valence-electron chi connectivity index (χ4n) is 1.72. The van der Waals surface area contributed by atoms with Crippen LogP contribution in [0.5, 0.6) is 0 Å². The van der Waals surface area contributed by atoms with E-state index in [0.29, 0.717) is 18.5 Å². The molecule has 0 radical (unpaired) electrons. The first-order valence-electron chi connectivity index (χ1n) is 6.96. The predicted octanol–water partition coefficient (Wildman–Crippen LogP) is 2.22. The fraction of sp³-hybridized carbons (Fsp3) is 0.533. The van der Waals surface area contributed by atoms with Gasteiger partial charge in [0.25, 0.3) is 0 Å². The summed E-state index contributed by atoms with van der Waals surface area (Å²) in [5.41, 5.74) is 7.02. The average Bonchev–Trinajstić information content (AvgIpc) is 2.45. The first kappa shape index (κ1) is 15.3. The summed E-state index contributed by atoms with van der Waals surface area (Å²) in [6, 6.07) is 10.6. The Kier molecular flexibility index (Phi) is 6.79. The third-order valence-electron chi connectivity index (χ3n) is 3.19. The Hall–Kier alpha value is -1.71. The van der Waals surface area contributed by atoms with Gasteiger partial charge in [-0.3, -0.25) is 4.99 Å². The van der Waals surface area contributed by atoms with E-state index in [1.165, 1.54) is 5.69 Å². The van der Waals surface area contributed by atoms with Gasteiger partial charge in [-0.2, -0.15) is 0 Å². The number of aliphatic imine (C=N–C) groups is 1. The second kappa shape index (κ2) is 8.40. The van der Waals surface area contributed by atoms with Crippen molar-refractivity contribution in [3.8, 4) is 0 Å². The molecule has 4 nitrogen and oxygen atoms in total. The zero-order valence-corrected chi connectivity index (χ0v) is 12.3. The molecule has 0 aliphatic heterocycles. The highest BCUT2D eigenvalue weighted by Crippen LogP contribution is 2.13. The molecule has 0 saturated heterocycles. The lowest BCUT2D eigenvalue weighted by molar-refractivity contribution is 0.688. The van der Waals surface area contributed by atoms with Gasteiger partial charge in [0, 0.05) is 25.3 Å². The number of unbranched alkanes of at least 4 members (excludes halogenated alkanes) is 1. The van der Waals surface area contributed by atoms with Crippen molar-refractivity contribution in [2.24, 2.45) is 10.7 Å². The van der Waals surface area contributed by atoms with Gasteiger partial charge in [0.2, 0.25) is 0 Å². The van der Waals surface area contributed by atoms with E-state index in [-0.39, 0.29) is 0 Å². The summed E-state index contributed by atoms with van der Waals surface area (Å²) < 4.78 is 0. The van der Waals surface area contributed by atoms with Gasteiger partial charge in [-0.05, 0) is 25.5 Å². The number of para-hydroxylation sites is 1. The van der Waals surface area contributed by atoms with Crippen LogP contribution in [-0.2, 0) is 0 Å². The Bertz CT molecular complexity index is 375. The molecule has 3 N–H and O–H groups in total. The minimum absolute atomic E-state index is 0.314. The van der Waals surface area contributed by atoms with Gasteiger partial charge in [-0.25, -0.2) is 0 Å². The summed E-state index contributed by atoms with van der Waals surface area (Å²) in [5.74, 6) is 0.543. The highest BCUT2D eigenvalue weighted by atomic mass is 15.2. The number of nitrogens with zero attached hydrogens (tertiary/aromatic N) is 2. The summed E-state index contributed by atoms with van der Waals surface area (Å²) >= 11 is 0. The number of rotatable bonds is 7. The second-order valence-corrected chi connectivity index (χ2v) is 4.80. The lowest BCUT2D eigenvalue weighted by Gasteiger charge is -2.25. The Morgan fingerprint density at radius 3 is 2.68 bits per heavy atom. The average molecular weight is 262 g/mol. The monoisotopic (exact) mass is 262 g/mol. The first-order chi connectivity index (χ1) is 9.15. The van der Waals surface area contributed by atoms with Crippen molar-refractivity contribution in [1.82, 2.24) is 5.32 Å². The lowest BCUT2D eigenvalue weighted by atomic mass is 10.2. The molecule has 0 heterocycles. The highest BCUT2D eigenvalue weighted by molar-refractivity contribution is 5.77. The van der Waals surface area contributed by atoms with Crippen LogP contribution in [0.4, 0.5) is 5.69 Å². The number of anilines is 1. The Morgan fingerprint density at radius 1 is 1.37 bits per heavy atom. The third kappa shape index (κ3) is 5.64. The Labute approximate surface area is 116 Å². The zero-order chi connectivity index (χ0) is 14.1. The molecule has 0 spiro atoms. The van der Waals surface area contributed by atoms with E-state index < -0.39 is 0 Å². The first-order valence-corrected chi connectivity index (χ1v) is 6.96. The number of guanidine groups is 1. The minimum Gasteiger partial charge on any atom is -0.370 e. The summed E-state index contributed by atoms with van der Waals surface area (Å²) in [7, 11) is 2.08. The molecule has 0 bridgehead atoms. The minimum atomic E-state index is 0.314. The van der Waals surface area contributed by atoms with Gasteiger partial charge in [-0.15, -0.1) is 0 Å². The molecule has 0 aromatic heterocycles. The van der Waals surface area contributed by atoms with Crippen LogP contribution >= 0.6 is 0 Å². The van der Waals surface area contributed by atoms with Crippen molar-refractivity contribution in [2.45, 2.75) is 32.7 Å². The molecule has 0 aliphatic carbocycles. The topological polar surface area (TPSA) is 53.6 Å².